The second-order valence-electron chi connectivity index (χ2n) is 8.69. The van der Waals surface area contributed by atoms with Crippen LogP contribution in [-0.2, 0) is 20.0 Å². The van der Waals surface area contributed by atoms with Crippen LogP contribution in [0.25, 0.3) is 0 Å². The van der Waals surface area contributed by atoms with Crippen molar-refractivity contribution in [3.8, 4) is 5.75 Å². The largest absolute Gasteiger partial charge is 0.492 e. The maximum absolute atomic E-state index is 14.4. The lowest BCUT2D eigenvalue weighted by atomic mass is 9.73. The number of carbonyl (C=O) groups is 1. The number of rotatable bonds is 6. The van der Waals surface area contributed by atoms with Gasteiger partial charge in [0.2, 0.25) is 5.91 Å². The van der Waals surface area contributed by atoms with Crippen LogP contribution in [-0.4, -0.2) is 51.7 Å². The Balaban J connectivity index is 1.35. The first-order chi connectivity index (χ1) is 15.5. The third-order valence-electron chi connectivity index (χ3n) is 6.67. The molecule has 10 heteroatoms. The zero-order valence-corrected chi connectivity index (χ0v) is 19.9. The fraction of sp³-hybridized carbons (Fsp3) is 0.435. The van der Waals surface area contributed by atoms with E-state index in [4.69, 9.17) is 16.3 Å². The molecule has 0 radical (unpaired) electrons. The van der Waals surface area contributed by atoms with Crippen LogP contribution in [0.5, 0.6) is 5.75 Å². The summed E-state index contributed by atoms with van der Waals surface area (Å²) in [5.41, 5.74) is 0.668. The summed E-state index contributed by atoms with van der Waals surface area (Å²) in [6, 6.07) is 7.45. The number of hydrogen-bond donors (Lipinski definition) is 1. The lowest BCUT2D eigenvalue weighted by Crippen LogP contribution is -2.47. The minimum atomic E-state index is -3.64. The van der Waals surface area contributed by atoms with Gasteiger partial charge in [-0.25, -0.2) is 17.2 Å². The summed E-state index contributed by atoms with van der Waals surface area (Å²) < 4.78 is 57.6. The fourth-order valence-electron chi connectivity index (χ4n) is 4.58. The standard InChI is InChI=1S/C23H25ClF2N2O4S/c1-14(33(2,30)31)21-18(25)12-16(13-19(21)26)32-10-9-28-7-5-23(6-8-28)17-11-15(24)3-4-20(17)27-22(23)29/h3-4,11-14H,5-10H2,1-2H3,(H,27,29)/t14-/m1/s1. The number of benzene rings is 2. The lowest BCUT2D eigenvalue weighted by molar-refractivity contribution is -0.122. The normalized spacial score (nSPS) is 18.8. The zero-order chi connectivity index (χ0) is 24.0. The number of nitrogens with zero attached hydrogens (tertiary/aromatic N) is 1. The molecule has 1 saturated heterocycles. The molecule has 33 heavy (non-hydrogen) atoms. The Morgan fingerprint density at radius 3 is 2.42 bits per heavy atom. The van der Waals surface area contributed by atoms with Crippen molar-refractivity contribution < 1.29 is 26.7 Å². The minimum absolute atomic E-state index is 0.00155. The number of fused-ring (bicyclic) bond motifs is 2. The molecule has 6 nitrogen and oxygen atoms in total. The average Bonchev–Trinajstić information content (AvgIpc) is 2.99. The Labute approximate surface area is 196 Å². The van der Waals surface area contributed by atoms with Crippen LogP contribution in [0.3, 0.4) is 0 Å². The molecule has 1 N–H and O–H groups in total. The van der Waals surface area contributed by atoms with E-state index in [1.807, 2.05) is 12.1 Å². The van der Waals surface area contributed by atoms with Gasteiger partial charge < -0.3 is 10.1 Å². The van der Waals surface area contributed by atoms with E-state index in [1.54, 1.807) is 6.07 Å². The van der Waals surface area contributed by atoms with Crippen molar-refractivity contribution in [2.45, 2.75) is 30.4 Å². The Bertz CT molecular complexity index is 1170. The van der Waals surface area contributed by atoms with E-state index in [-0.39, 0.29) is 18.3 Å². The summed E-state index contributed by atoms with van der Waals surface area (Å²) in [7, 11) is -3.64. The number of piperidine rings is 1. The molecule has 0 unspecified atom stereocenters. The molecule has 1 atom stereocenters. The molecule has 2 aromatic carbocycles. The van der Waals surface area contributed by atoms with E-state index in [0.717, 1.165) is 29.6 Å². The number of anilines is 1. The van der Waals surface area contributed by atoms with Crippen LogP contribution in [0, 0.1) is 11.6 Å². The van der Waals surface area contributed by atoms with E-state index in [0.29, 0.717) is 37.5 Å². The van der Waals surface area contributed by atoms with E-state index >= 15 is 0 Å². The molecule has 178 valence electrons. The second kappa shape index (κ2) is 8.85. The third-order valence-corrected chi connectivity index (χ3v) is 8.42. The molecule has 4 rings (SSSR count). The predicted octanol–water partition coefficient (Wildman–Crippen LogP) is 4.09. The number of amides is 1. The van der Waals surface area contributed by atoms with Gasteiger partial charge in [0, 0.05) is 41.2 Å². The molecule has 2 aliphatic heterocycles. The summed E-state index contributed by atoms with van der Waals surface area (Å²) in [5, 5.41) is 2.25. The lowest BCUT2D eigenvalue weighted by Gasteiger charge is -2.38. The van der Waals surface area contributed by atoms with Crippen molar-refractivity contribution in [3.63, 3.8) is 0 Å². The first kappa shape index (κ1) is 23.9. The quantitative estimate of drug-likeness (QED) is 0.649. The van der Waals surface area contributed by atoms with E-state index in [2.05, 4.69) is 10.2 Å². The van der Waals surface area contributed by atoms with Gasteiger partial charge in [-0.15, -0.1) is 0 Å². The van der Waals surface area contributed by atoms with Gasteiger partial charge in [0.25, 0.3) is 0 Å². The van der Waals surface area contributed by atoms with Gasteiger partial charge in [0.05, 0.1) is 10.7 Å². The molecule has 0 aromatic heterocycles. The van der Waals surface area contributed by atoms with Crippen LogP contribution >= 0.6 is 11.6 Å². The molecule has 0 bridgehead atoms. The van der Waals surface area contributed by atoms with Crippen LogP contribution < -0.4 is 10.1 Å². The Kier molecular flexibility index (Phi) is 6.41. The van der Waals surface area contributed by atoms with Crippen molar-refractivity contribution in [1.29, 1.82) is 0 Å². The third kappa shape index (κ3) is 4.58. The maximum Gasteiger partial charge on any atom is 0.235 e. The van der Waals surface area contributed by atoms with Gasteiger partial charge >= 0.3 is 0 Å². The molecular formula is C23H25ClF2N2O4S. The molecule has 0 saturated carbocycles. The van der Waals surface area contributed by atoms with E-state index in [9.17, 15) is 22.0 Å². The topological polar surface area (TPSA) is 75.7 Å². The highest BCUT2D eigenvalue weighted by Crippen LogP contribution is 2.45. The van der Waals surface area contributed by atoms with Crippen LogP contribution in [0.2, 0.25) is 5.02 Å². The Morgan fingerprint density at radius 1 is 1.18 bits per heavy atom. The number of halogens is 3. The summed E-state index contributed by atoms with van der Waals surface area (Å²) in [5.74, 6) is -1.91. The highest BCUT2D eigenvalue weighted by Gasteiger charge is 2.48. The molecular weight excluding hydrogens is 474 g/mol. The van der Waals surface area contributed by atoms with Crippen molar-refractivity contribution in [2.24, 2.45) is 0 Å². The highest BCUT2D eigenvalue weighted by molar-refractivity contribution is 7.90. The summed E-state index contributed by atoms with van der Waals surface area (Å²) in [4.78, 5) is 14.9. The SMILES string of the molecule is C[C@H](c1c(F)cc(OCCN2CCC3(CC2)C(=O)Nc2ccc(Cl)cc23)cc1F)S(C)(=O)=O. The molecule has 1 fully saturated rings. The van der Waals surface area contributed by atoms with Gasteiger partial charge in [-0.3, -0.25) is 9.69 Å². The summed E-state index contributed by atoms with van der Waals surface area (Å²) in [6.07, 6.45) is 2.20. The number of likely N-dealkylation sites (tertiary alicyclic amines) is 1. The number of nitrogens with one attached hydrogen (secondary N) is 1. The van der Waals surface area contributed by atoms with Gasteiger partial charge in [-0.2, -0.15) is 0 Å². The Morgan fingerprint density at radius 2 is 1.82 bits per heavy atom. The first-order valence-corrected chi connectivity index (χ1v) is 13.0. The summed E-state index contributed by atoms with van der Waals surface area (Å²) >= 11 is 6.15. The predicted molar refractivity (Wildman–Crippen MR) is 123 cm³/mol. The molecule has 0 aliphatic carbocycles. The van der Waals surface area contributed by atoms with Crippen LogP contribution in [0.4, 0.5) is 14.5 Å². The van der Waals surface area contributed by atoms with E-state index < -0.39 is 37.7 Å². The van der Waals surface area contributed by atoms with Gasteiger partial charge in [0.15, 0.2) is 9.84 Å². The maximum atomic E-state index is 14.4. The van der Waals surface area contributed by atoms with Crippen molar-refractivity contribution in [3.05, 3.63) is 58.1 Å². The number of ether oxygens (including phenoxy) is 1. The second-order valence-corrected chi connectivity index (χ2v) is 11.5. The molecule has 1 spiro atoms. The number of sulfone groups is 1. The van der Waals surface area contributed by atoms with Gasteiger partial charge in [-0.1, -0.05) is 11.6 Å². The fourth-order valence-corrected chi connectivity index (χ4v) is 5.41. The van der Waals surface area contributed by atoms with Crippen molar-refractivity contribution in [1.82, 2.24) is 4.90 Å². The van der Waals surface area contributed by atoms with Crippen LogP contribution in [0.15, 0.2) is 30.3 Å². The first-order valence-electron chi connectivity index (χ1n) is 10.7. The monoisotopic (exact) mass is 498 g/mol. The van der Waals surface area contributed by atoms with Crippen molar-refractivity contribution in [2.75, 3.05) is 37.8 Å². The summed E-state index contributed by atoms with van der Waals surface area (Å²) in [6.45, 7) is 3.29. The smallest absolute Gasteiger partial charge is 0.235 e. The van der Waals surface area contributed by atoms with Crippen molar-refractivity contribution >= 4 is 33.0 Å². The minimum Gasteiger partial charge on any atom is -0.492 e. The molecule has 2 heterocycles. The van der Waals surface area contributed by atoms with E-state index in [1.165, 1.54) is 6.92 Å². The molecule has 2 aliphatic rings. The highest BCUT2D eigenvalue weighted by atomic mass is 35.5. The number of carbonyl (C=O) groups excluding carboxylic acids is 1. The van der Waals surface area contributed by atoms with Gasteiger partial charge in [0.1, 0.15) is 24.0 Å². The zero-order valence-electron chi connectivity index (χ0n) is 18.3. The molecule has 1 amide bonds. The molecule has 2 aromatic rings. The van der Waals surface area contributed by atoms with Crippen LogP contribution in [0.1, 0.15) is 36.1 Å². The van der Waals surface area contributed by atoms with Gasteiger partial charge in [-0.05, 0) is 56.6 Å². The average molecular weight is 499 g/mol. The number of hydrogen-bond acceptors (Lipinski definition) is 5. The Hall–Kier alpha value is -2.23.